The maximum atomic E-state index is 12.0. The predicted molar refractivity (Wildman–Crippen MR) is 68.3 cm³/mol. The van der Waals surface area contributed by atoms with Crippen LogP contribution in [0.15, 0.2) is 0 Å². The molecule has 18 heavy (non-hydrogen) atoms. The molecule has 0 aromatic carbocycles. The molecule has 0 spiro atoms. The van der Waals surface area contributed by atoms with Gasteiger partial charge in [0.2, 0.25) is 5.91 Å². The summed E-state index contributed by atoms with van der Waals surface area (Å²) in [5.74, 6) is -0.194. The number of hydrogen-bond donors (Lipinski definition) is 3. The van der Waals surface area contributed by atoms with Gasteiger partial charge in [-0.3, -0.25) is 4.79 Å². The number of likely N-dealkylation sites (N-methyl/N-ethyl adjacent to an activating group) is 1. The summed E-state index contributed by atoms with van der Waals surface area (Å²) in [6, 6.07) is 0. The van der Waals surface area contributed by atoms with Gasteiger partial charge in [0, 0.05) is 13.6 Å². The van der Waals surface area contributed by atoms with Crippen molar-refractivity contribution in [1.29, 1.82) is 0 Å². The molecule has 1 aliphatic heterocycles. The molecule has 104 valence electrons. The number of amides is 2. The molecule has 1 saturated heterocycles. The largest absolute Gasteiger partial charge is 0.444 e. The Morgan fingerprint density at radius 2 is 2.00 bits per heavy atom. The Morgan fingerprint density at radius 3 is 2.44 bits per heavy atom. The highest BCUT2D eigenvalue weighted by Crippen LogP contribution is 2.18. The van der Waals surface area contributed by atoms with E-state index in [1.165, 1.54) is 0 Å². The molecule has 6 nitrogen and oxygen atoms in total. The van der Waals surface area contributed by atoms with Crippen LogP contribution >= 0.6 is 0 Å². The fraction of sp³-hybridized carbons (Fsp3) is 0.833. The lowest BCUT2D eigenvalue weighted by atomic mass is 9.89. The van der Waals surface area contributed by atoms with Crippen LogP contribution in [0, 0.1) is 0 Å². The summed E-state index contributed by atoms with van der Waals surface area (Å²) in [7, 11) is 1.56. The van der Waals surface area contributed by atoms with Crippen molar-refractivity contribution < 1.29 is 14.3 Å². The molecule has 1 rings (SSSR count). The fourth-order valence-electron chi connectivity index (χ4n) is 2.00. The molecule has 1 atom stereocenters. The fourth-order valence-corrected chi connectivity index (χ4v) is 2.00. The number of rotatable bonds is 2. The van der Waals surface area contributed by atoms with Crippen LogP contribution in [0.5, 0.6) is 0 Å². The second kappa shape index (κ2) is 5.56. The second-order valence-corrected chi connectivity index (χ2v) is 5.57. The van der Waals surface area contributed by atoms with Crippen molar-refractivity contribution in [2.24, 2.45) is 0 Å². The molecule has 0 aromatic rings. The predicted octanol–water partition coefficient (Wildman–Crippen LogP) is 0.379. The minimum absolute atomic E-state index is 0.194. The zero-order chi connectivity index (χ0) is 13.8. The molecule has 1 aliphatic rings. The molecule has 0 bridgehead atoms. The smallest absolute Gasteiger partial charge is 0.408 e. The molecular formula is C12H23N3O3. The van der Waals surface area contributed by atoms with Crippen molar-refractivity contribution in [2.75, 3.05) is 20.1 Å². The highest BCUT2D eigenvalue weighted by atomic mass is 16.6. The molecule has 3 N–H and O–H groups in total. The molecule has 0 saturated carbocycles. The molecule has 1 unspecified atom stereocenters. The standard InChI is InChI=1S/C12H23N3O3/c1-11(2,3)18-10(17)15-12(9(16)13-4)6-5-7-14-8-12/h14H,5-8H2,1-4H3,(H,13,16)(H,15,17). The first-order chi connectivity index (χ1) is 8.29. The van der Waals surface area contributed by atoms with Crippen molar-refractivity contribution in [3.05, 3.63) is 0 Å². The van der Waals surface area contributed by atoms with Crippen LogP contribution < -0.4 is 16.0 Å². The Labute approximate surface area is 108 Å². The number of nitrogens with one attached hydrogen (secondary N) is 3. The first-order valence-electron chi connectivity index (χ1n) is 6.23. The highest BCUT2D eigenvalue weighted by Gasteiger charge is 2.41. The minimum Gasteiger partial charge on any atom is -0.444 e. The quantitative estimate of drug-likeness (QED) is 0.668. The molecular weight excluding hydrogens is 234 g/mol. The van der Waals surface area contributed by atoms with Crippen molar-refractivity contribution in [3.63, 3.8) is 0 Å². The Morgan fingerprint density at radius 1 is 1.33 bits per heavy atom. The lowest BCUT2D eigenvalue weighted by Gasteiger charge is -2.36. The highest BCUT2D eigenvalue weighted by molar-refractivity contribution is 5.90. The summed E-state index contributed by atoms with van der Waals surface area (Å²) >= 11 is 0. The van der Waals surface area contributed by atoms with Crippen LogP contribution in [0.2, 0.25) is 0 Å². The Hall–Kier alpha value is -1.30. The van der Waals surface area contributed by atoms with Crippen LogP contribution in [0.25, 0.3) is 0 Å². The van der Waals surface area contributed by atoms with Crippen molar-refractivity contribution in [1.82, 2.24) is 16.0 Å². The summed E-state index contributed by atoms with van der Waals surface area (Å²) in [6.45, 7) is 6.65. The Balaban J connectivity index is 2.73. The minimum atomic E-state index is -0.907. The third-order valence-corrected chi connectivity index (χ3v) is 2.79. The van der Waals surface area contributed by atoms with Gasteiger partial charge in [0.05, 0.1) is 0 Å². The van der Waals surface area contributed by atoms with Gasteiger partial charge in [-0.05, 0) is 40.2 Å². The SMILES string of the molecule is CNC(=O)C1(NC(=O)OC(C)(C)C)CCCNC1. The monoisotopic (exact) mass is 257 g/mol. The topological polar surface area (TPSA) is 79.5 Å². The Bertz CT molecular complexity index is 317. The van der Waals surface area contributed by atoms with Gasteiger partial charge in [-0.2, -0.15) is 0 Å². The first kappa shape index (κ1) is 14.8. The van der Waals surface area contributed by atoms with E-state index in [9.17, 15) is 9.59 Å². The Kier molecular flexibility index (Phi) is 4.56. The van der Waals surface area contributed by atoms with Gasteiger partial charge in [-0.1, -0.05) is 0 Å². The van der Waals surface area contributed by atoms with Crippen LogP contribution in [-0.4, -0.2) is 43.3 Å². The molecule has 0 aliphatic carbocycles. The summed E-state index contributed by atoms with van der Waals surface area (Å²) < 4.78 is 5.20. The summed E-state index contributed by atoms with van der Waals surface area (Å²) in [5, 5.41) is 8.43. The maximum absolute atomic E-state index is 12.0. The molecule has 6 heteroatoms. The van der Waals surface area contributed by atoms with Gasteiger partial charge >= 0.3 is 6.09 Å². The van der Waals surface area contributed by atoms with E-state index in [1.54, 1.807) is 27.8 Å². The van der Waals surface area contributed by atoms with E-state index >= 15 is 0 Å². The van der Waals surface area contributed by atoms with E-state index < -0.39 is 17.2 Å². The van der Waals surface area contributed by atoms with Crippen LogP contribution in [0.1, 0.15) is 33.6 Å². The van der Waals surface area contributed by atoms with Crippen molar-refractivity contribution in [3.8, 4) is 0 Å². The average molecular weight is 257 g/mol. The van der Waals surface area contributed by atoms with Crippen molar-refractivity contribution in [2.45, 2.75) is 44.8 Å². The molecule has 0 aromatic heterocycles. The lowest BCUT2D eigenvalue weighted by Crippen LogP contribution is -2.65. The zero-order valence-corrected chi connectivity index (χ0v) is 11.6. The summed E-state index contributed by atoms with van der Waals surface area (Å²) in [4.78, 5) is 23.8. The van der Waals surface area contributed by atoms with Gasteiger partial charge in [0.1, 0.15) is 11.1 Å². The number of alkyl carbamates (subject to hydrolysis) is 1. The number of carbonyl (C=O) groups excluding carboxylic acids is 2. The summed E-state index contributed by atoms with van der Waals surface area (Å²) in [5.41, 5.74) is -1.48. The van der Waals surface area contributed by atoms with Crippen molar-refractivity contribution >= 4 is 12.0 Å². The van der Waals surface area contributed by atoms with E-state index in [1.807, 2.05) is 0 Å². The molecule has 2 amide bonds. The number of carbonyl (C=O) groups is 2. The third-order valence-electron chi connectivity index (χ3n) is 2.79. The lowest BCUT2D eigenvalue weighted by molar-refractivity contribution is -0.128. The van der Waals surface area contributed by atoms with Gasteiger partial charge in [-0.25, -0.2) is 4.79 Å². The average Bonchev–Trinajstić information content (AvgIpc) is 2.26. The van der Waals surface area contributed by atoms with E-state index in [4.69, 9.17) is 4.74 Å². The molecule has 0 radical (unpaired) electrons. The van der Waals surface area contributed by atoms with E-state index in [2.05, 4.69) is 16.0 Å². The van der Waals surface area contributed by atoms with Crippen LogP contribution in [0.4, 0.5) is 4.79 Å². The molecule has 1 heterocycles. The van der Waals surface area contributed by atoms with E-state index in [-0.39, 0.29) is 5.91 Å². The molecule has 1 fully saturated rings. The normalized spacial score (nSPS) is 24.2. The second-order valence-electron chi connectivity index (χ2n) is 5.57. The van der Waals surface area contributed by atoms with Gasteiger partial charge in [0.25, 0.3) is 0 Å². The van der Waals surface area contributed by atoms with Crippen LogP contribution in [0.3, 0.4) is 0 Å². The van der Waals surface area contributed by atoms with Gasteiger partial charge in [0.15, 0.2) is 0 Å². The number of hydrogen-bond acceptors (Lipinski definition) is 4. The van der Waals surface area contributed by atoms with E-state index in [0.29, 0.717) is 13.0 Å². The maximum Gasteiger partial charge on any atom is 0.408 e. The zero-order valence-electron chi connectivity index (χ0n) is 11.6. The first-order valence-corrected chi connectivity index (χ1v) is 6.23. The third kappa shape index (κ3) is 3.87. The number of piperidine rings is 1. The van der Waals surface area contributed by atoms with Crippen LogP contribution in [-0.2, 0) is 9.53 Å². The van der Waals surface area contributed by atoms with Gasteiger partial charge in [-0.15, -0.1) is 0 Å². The summed E-state index contributed by atoms with van der Waals surface area (Å²) in [6.07, 6.45) is 0.886. The number of ether oxygens (including phenoxy) is 1. The van der Waals surface area contributed by atoms with Gasteiger partial charge < -0.3 is 20.7 Å². The van der Waals surface area contributed by atoms with E-state index in [0.717, 1.165) is 13.0 Å².